The van der Waals surface area contributed by atoms with Crippen molar-refractivity contribution in [3.8, 4) is 6.07 Å². The van der Waals surface area contributed by atoms with Crippen LogP contribution in [0.3, 0.4) is 0 Å². The second-order valence-corrected chi connectivity index (χ2v) is 7.02. The molecule has 6 nitrogen and oxygen atoms in total. The van der Waals surface area contributed by atoms with Gasteiger partial charge in [0.1, 0.15) is 11.8 Å². The Morgan fingerprint density at radius 1 is 1.47 bits per heavy atom. The predicted molar refractivity (Wildman–Crippen MR) is 68.2 cm³/mol. The predicted octanol–water partition coefficient (Wildman–Crippen LogP) is 0.578. The van der Waals surface area contributed by atoms with Crippen LogP contribution in [0.5, 0.6) is 0 Å². The van der Waals surface area contributed by atoms with E-state index in [2.05, 4.69) is 16.2 Å². The van der Waals surface area contributed by atoms with E-state index in [0.29, 0.717) is 30.0 Å². The van der Waals surface area contributed by atoms with E-state index in [1.807, 2.05) is 0 Å². The first-order valence-electron chi connectivity index (χ1n) is 6.02. The number of sulfone groups is 1. The maximum absolute atomic E-state index is 11.4. The van der Waals surface area contributed by atoms with Gasteiger partial charge in [-0.15, -0.1) is 0 Å². The molecule has 0 spiro atoms. The van der Waals surface area contributed by atoms with Crippen molar-refractivity contribution in [2.24, 2.45) is 5.92 Å². The SMILES string of the molecule is N#Cc1cccc2nc(CC3CCS(=O)(=O)C3)nn12. The second-order valence-electron chi connectivity index (χ2n) is 4.79. The molecule has 2 aromatic rings. The topological polar surface area (TPSA) is 88.1 Å². The molecule has 1 aliphatic rings. The average molecular weight is 276 g/mol. The summed E-state index contributed by atoms with van der Waals surface area (Å²) < 4.78 is 24.3. The smallest absolute Gasteiger partial charge is 0.157 e. The molecule has 2 aromatic heterocycles. The minimum absolute atomic E-state index is 0.0907. The van der Waals surface area contributed by atoms with Crippen LogP contribution in [0, 0.1) is 17.2 Å². The summed E-state index contributed by atoms with van der Waals surface area (Å²) in [5.41, 5.74) is 1.05. The largest absolute Gasteiger partial charge is 0.229 e. The van der Waals surface area contributed by atoms with E-state index in [9.17, 15) is 8.42 Å². The highest BCUT2D eigenvalue weighted by Crippen LogP contribution is 2.21. The Labute approximate surface area is 110 Å². The molecule has 1 aliphatic heterocycles. The molecule has 3 rings (SSSR count). The zero-order chi connectivity index (χ0) is 13.5. The summed E-state index contributed by atoms with van der Waals surface area (Å²) in [5, 5.41) is 13.3. The third kappa shape index (κ3) is 2.31. The molecule has 0 radical (unpaired) electrons. The Morgan fingerprint density at radius 2 is 2.32 bits per heavy atom. The van der Waals surface area contributed by atoms with Crippen LogP contribution in [-0.2, 0) is 16.3 Å². The van der Waals surface area contributed by atoms with E-state index in [1.54, 1.807) is 18.2 Å². The average Bonchev–Trinajstić information content (AvgIpc) is 2.91. The number of nitrogens with zero attached hydrogens (tertiary/aromatic N) is 4. The lowest BCUT2D eigenvalue weighted by atomic mass is 10.1. The highest BCUT2D eigenvalue weighted by molar-refractivity contribution is 7.91. The molecule has 0 aliphatic carbocycles. The van der Waals surface area contributed by atoms with E-state index in [0.717, 1.165) is 0 Å². The van der Waals surface area contributed by atoms with Gasteiger partial charge in [0.25, 0.3) is 0 Å². The summed E-state index contributed by atoms with van der Waals surface area (Å²) in [5.74, 6) is 1.17. The van der Waals surface area contributed by atoms with Crippen LogP contribution in [0.25, 0.3) is 5.65 Å². The van der Waals surface area contributed by atoms with Crippen LogP contribution < -0.4 is 0 Å². The van der Waals surface area contributed by atoms with E-state index in [4.69, 9.17) is 5.26 Å². The van der Waals surface area contributed by atoms with Gasteiger partial charge in [-0.2, -0.15) is 10.4 Å². The van der Waals surface area contributed by atoms with Crippen LogP contribution in [0.15, 0.2) is 18.2 Å². The molecule has 98 valence electrons. The molecule has 3 heterocycles. The number of nitriles is 1. The van der Waals surface area contributed by atoms with E-state index in [1.165, 1.54) is 4.52 Å². The zero-order valence-electron chi connectivity index (χ0n) is 10.2. The normalized spacial score (nSPS) is 21.5. The van der Waals surface area contributed by atoms with Gasteiger partial charge in [-0.3, -0.25) is 0 Å². The van der Waals surface area contributed by atoms with Gasteiger partial charge in [0.15, 0.2) is 21.3 Å². The molecule has 7 heteroatoms. The standard InChI is InChI=1S/C12H12N4O2S/c13-7-10-2-1-3-12-14-11(15-16(10)12)6-9-4-5-19(17,18)8-9/h1-3,9H,4-6,8H2. The second kappa shape index (κ2) is 4.31. The van der Waals surface area contributed by atoms with E-state index in [-0.39, 0.29) is 17.4 Å². The molecule has 1 saturated heterocycles. The van der Waals surface area contributed by atoms with Crippen molar-refractivity contribution >= 4 is 15.5 Å². The molecule has 0 aromatic carbocycles. The molecule has 0 amide bonds. The monoisotopic (exact) mass is 276 g/mol. The van der Waals surface area contributed by atoms with Crippen molar-refractivity contribution in [2.75, 3.05) is 11.5 Å². The van der Waals surface area contributed by atoms with Crippen molar-refractivity contribution in [1.82, 2.24) is 14.6 Å². The lowest BCUT2D eigenvalue weighted by Gasteiger charge is -2.02. The van der Waals surface area contributed by atoms with Gasteiger partial charge in [0.2, 0.25) is 0 Å². The van der Waals surface area contributed by atoms with Gasteiger partial charge in [-0.05, 0) is 24.5 Å². The third-order valence-corrected chi connectivity index (χ3v) is 5.15. The van der Waals surface area contributed by atoms with Gasteiger partial charge in [-0.1, -0.05) is 6.07 Å². The lowest BCUT2D eigenvalue weighted by Crippen LogP contribution is -2.08. The molecular formula is C12H12N4O2S. The Bertz CT molecular complexity index is 773. The summed E-state index contributed by atoms with van der Waals surface area (Å²) in [6.45, 7) is 0. The fourth-order valence-corrected chi connectivity index (χ4v) is 4.27. The summed E-state index contributed by atoms with van der Waals surface area (Å²) in [6.07, 6.45) is 1.22. The summed E-state index contributed by atoms with van der Waals surface area (Å²) >= 11 is 0. The Kier molecular flexibility index (Phi) is 2.75. The van der Waals surface area contributed by atoms with Crippen molar-refractivity contribution in [3.63, 3.8) is 0 Å². The van der Waals surface area contributed by atoms with E-state index < -0.39 is 9.84 Å². The fraction of sp³-hybridized carbons (Fsp3) is 0.417. The van der Waals surface area contributed by atoms with Gasteiger partial charge in [0.05, 0.1) is 11.5 Å². The molecule has 0 bridgehead atoms. The molecular weight excluding hydrogens is 264 g/mol. The fourth-order valence-electron chi connectivity index (χ4n) is 2.41. The lowest BCUT2D eigenvalue weighted by molar-refractivity contribution is 0.568. The highest BCUT2D eigenvalue weighted by Gasteiger charge is 2.28. The number of rotatable bonds is 2. The molecule has 1 unspecified atom stereocenters. The van der Waals surface area contributed by atoms with E-state index >= 15 is 0 Å². The van der Waals surface area contributed by atoms with Crippen molar-refractivity contribution in [2.45, 2.75) is 12.8 Å². The van der Waals surface area contributed by atoms with Gasteiger partial charge in [-0.25, -0.2) is 17.9 Å². The number of aromatic nitrogens is 3. The van der Waals surface area contributed by atoms with Crippen LogP contribution in [0.4, 0.5) is 0 Å². The highest BCUT2D eigenvalue weighted by atomic mass is 32.2. The number of pyridine rings is 1. The minimum Gasteiger partial charge on any atom is -0.229 e. The van der Waals surface area contributed by atoms with Crippen LogP contribution in [0.2, 0.25) is 0 Å². The van der Waals surface area contributed by atoms with Gasteiger partial charge >= 0.3 is 0 Å². The first kappa shape index (κ1) is 12.1. The summed E-state index contributed by atoms with van der Waals surface area (Å²) in [4.78, 5) is 4.34. The first-order chi connectivity index (χ1) is 9.07. The molecule has 0 N–H and O–H groups in total. The quantitative estimate of drug-likeness (QED) is 0.800. The molecule has 1 fully saturated rings. The summed E-state index contributed by atoms with van der Waals surface area (Å²) in [6, 6.07) is 7.26. The third-order valence-electron chi connectivity index (χ3n) is 3.32. The van der Waals surface area contributed by atoms with Crippen molar-refractivity contribution in [3.05, 3.63) is 29.7 Å². The number of fused-ring (bicyclic) bond motifs is 1. The van der Waals surface area contributed by atoms with Crippen LogP contribution >= 0.6 is 0 Å². The molecule has 19 heavy (non-hydrogen) atoms. The van der Waals surface area contributed by atoms with Crippen LogP contribution in [0.1, 0.15) is 17.9 Å². The minimum atomic E-state index is -2.87. The zero-order valence-corrected chi connectivity index (χ0v) is 11.0. The maximum atomic E-state index is 11.4. The number of hydrogen-bond acceptors (Lipinski definition) is 5. The van der Waals surface area contributed by atoms with Crippen LogP contribution in [-0.4, -0.2) is 34.5 Å². The Balaban J connectivity index is 1.89. The van der Waals surface area contributed by atoms with Crippen molar-refractivity contribution in [1.29, 1.82) is 5.26 Å². The Hall–Kier alpha value is -1.94. The van der Waals surface area contributed by atoms with Crippen molar-refractivity contribution < 1.29 is 8.42 Å². The Morgan fingerprint density at radius 3 is 3.00 bits per heavy atom. The first-order valence-corrected chi connectivity index (χ1v) is 7.85. The number of hydrogen-bond donors (Lipinski definition) is 0. The maximum Gasteiger partial charge on any atom is 0.157 e. The van der Waals surface area contributed by atoms with Gasteiger partial charge < -0.3 is 0 Å². The molecule has 1 atom stereocenters. The van der Waals surface area contributed by atoms with Gasteiger partial charge in [0, 0.05) is 6.42 Å². The summed E-state index contributed by atoms with van der Waals surface area (Å²) in [7, 11) is -2.87. The molecule has 0 saturated carbocycles.